The fourth-order valence-electron chi connectivity index (χ4n) is 2.66. The van der Waals surface area contributed by atoms with Gasteiger partial charge in [0.1, 0.15) is 0 Å². The third-order valence-electron chi connectivity index (χ3n) is 4.15. The Morgan fingerprint density at radius 3 is 2.28 bits per heavy atom. The first kappa shape index (κ1) is 17.3. The molecule has 6 heteroatoms. The molecule has 25 heavy (non-hydrogen) atoms. The quantitative estimate of drug-likeness (QED) is 0.782. The molecule has 1 saturated carbocycles. The van der Waals surface area contributed by atoms with Crippen LogP contribution in [-0.2, 0) is 10.3 Å². The van der Waals surface area contributed by atoms with Gasteiger partial charge in [-0.2, -0.15) is 0 Å². The molecule has 3 rings (SSSR count). The molecule has 130 valence electrons. The van der Waals surface area contributed by atoms with Gasteiger partial charge in [0.05, 0.1) is 17.7 Å². The van der Waals surface area contributed by atoms with Crippen molar-refractivity contribution in [2.75, 3.05) is 11.9 Å². The molecule has 1 aliphatic carbocycles. The van der Waals surface area contributed by atoms with E-state index in [-0.39, 0.29) is 17.5 Å². The monoisotopic (exact) mass is 358 g/mol. The largest absolute Gasteiger partial charge is 0.462 e. The Hall–Kier alpha value is -2.53. The summed E-state index contributed by atoms with van der Waals surface area (Å²) < 4.78 is 4.93. The van der Waals surface area contributed by atoms with Crippen molar-refractivity contribution < 1.29 is 14.3 Å². The zero-order chi connectivity index (χ0) is 17.9. The van der Waals surface area contributed by atoms with Crippen LogP contribution in [0.15, 0.2) is 48.5 Å². The lowest BCUT2D eigenvalue weighted by molar-refractivity contribution is 0.0526. The minimum atomic E-state index is -0.377. The topological polar surface area (TPSA) is 67.4 Å². The number of hydrogen-bond donors (Lipinski definition) is 2. The van der Waals surface area contributed by atoms with Gasteiger partial charge in [0.15, 0.2) is 0 Å². The molecule has 2 N–H and O–H groups in total. The van der Waals surface area contributed by atoms with Crippen molar-refractivity contribution >= 4 is 29.3 Å². The molecule has 5 nitrogen and oxygen atoms in total. The zero-order valence-electron chi connectivity index (χ0n) is 13.8. The lowest BCUT2D eigenvalue weighted by Crippen LogP contribution is -2.38. The zero-order valence-corrected chi connectivity index (χ0v) is 14.6. The Bertz CT molecular complexity index is 768. The fourth-order valence-corrected chi connectivity index (χ4v) is 2.79. The van der Waals surface area contributed by atoms with Crippen molar-refractivity contribution in [1.29, 1.82) is 0 Å². The number of benzene rings is 2. The van der Waals surface area contributed by atoms with Gasteiger partial charge >= 0.3 is 12.0 Å². The van der Waals surface area contributed by atoms with E-state index in [1.54, 1.807) is 31.2 Å². The first-order chi connectivity index (χ1) is 12.0. The highest BCUT2D eigenvalue weighted by atomic mass is 35.5. The molecule has 0 saturated heterocycles. The summed E-state index contributed by atoms with van der Waals surface area (Å²) in [6.45, 7) is 2.08. The number of esters is 1. The van der Waals surface area contributed by atoms with Crippen LogP contribution in [0.4, 0.5) is 10.5 Å². The van der Waals surface area contributed by atoms with Crippen LogP contribution in [0.1, 0.15) is 35.7 Å². The van der Waals surface area contributed by atoms with Gasteiger partial charge in [0.2, 0.25) is 0 Å². The third kappa shape index (κ3) is 4.12. The van der Waals surface area contributed by atoms with Gasteiger partial charge in [0.25, 0.3) is 0 Å². The van der Waals surface area contributed by atoms with Crippen LogP contribution >= 0.6 is 11.6 Å². The van der Waals surface area contributed by atoms with Crippen LogP contribution in [0.25, 0.3) is 0 Å². The summed E-state index contributed by atoms with van der Waals surface area (Å²) in [4.78, 5) is 23.9. The number of carbonyl (C=O) groups is 2. The maximum absolute atomic E-state index is 12.3. The molecule has 0 aromatic heterocycles. The van der Waals surface area contributed by atoms with Crippen LogP contribution in [0, 0.1) is 0 Å². The number of amides is 2. The van der Waals surface area contributed by atoms with Crippen molar-refractivity contribution in [3.05, 3.63) is 64.7 Å². The predicted octanol–water partition coefficient (Wildman–Crippen LogP) is 4.33. The molecule has 0 spiro atoms. The fraction of sp³-hybridized carbons (Fsp3) is 0.263. The Balaban J connectivity index is 1.61. The Labute approximate surface area is 151 Å². The van der Waals surface area contributed by atoms with E-state index >= 15 is 0 Å². The number of ether oxygens (including phenoxy) is 1. The maximum atomic E-state index is 12.3. The summed E-state index contributed by atoms with van der Waals surface area (Å²) in [6.07, 6.45) is 1.79. The van der Waals surface area contributed by atoms with Gasteiger partial charge in [-0.1, -0.05) is 23.7 Å². The van der Waals surface area contributed by atoms with Gasteiger partial charge in [-0.05, 0) is 61.7 Å². The summed E-state index contributed by atoms with van der Waals surface area (Å²) in [6, 6.07) is 13.8. The van der Waals surface area contributed by atoms with E-state index in [0.717, 1.165) is 18.4 Å². The second-order valence-electron chi connectivity index (χ2n) is 5.97. The van der Waals surface area contributed by atoms with E-state index in [9.17, 15) is 9.59 Å². The Kier molecular flexibility index (Phi) is 4.95. The van der Waals surface area contributed by atoms with E-state index < -0.39 is 0 Å². The first-order valence-electron chi connectivity index (χ1n) is 8.15. The Morgan fingerprint density at radius 2 is 1.72 bits per heavy atom. The minimum Gasteiger partial charge on any atom is -0.462 e. The number of anilines is 1. The van der Waals surface area contributed by atoms with Crippen LogP contribution in [0.2, 0.25) is 5.02 Å². The van der Waals surface area contributed by atoms with Gasteiger partial charge in [-0.25, -0.2) is 9.59 Å². The number of carbonyl (C=O) groups excluding carboxylic acids is 2. The van der Waals surface area contributed by atoms with Crippen LogP contribution in [-0.4, -0.2) is 18.6 Å². The number of nitrogens with one attached hydrogen (secondary N) is 2. The summed E-state index contributed by atoms with van der Waals surface area (Å²) in [5, 5.41) is 6.49. The molecule has 0 heterocycles. The van der Waals surface area contributed by atoms with Crippen molar-refractivity contribution in [2.24, 2.45) is 0 Å². The number of rotatable bonds is 5. The standard InChI is InChI=1S/C19H19ClN2O3/c1-2-25-17(23)13-3-9-16(10-4-13)21-18(24)22-19(11-12-19)14-5-7-15(20)8-6-14/h3-10H,2,11-12H2,1H3,(H2,21,22,24). The lowest BCUT2D eigenvalue weighted by atomic mass is 10.1. The highest BCUT2D eigenvalue weighted by Gasteiger charge is 2.45. The molecular weight excluding hydrogens is 340 g/mol. The van der Waals surface area contributed by atoms with E-state index in [0.29, 0.717) is 22.9 Å². The van der Waals surface area contributed by atoms with E-state index in [1.165, 1.54) is 0 Å². The summed E-state index contributed by atoms with van der Waals surface area (Å²) in [5.74, 6) is -0.377. The average Bonchev–Trinajstić information content (AvgIpc) is 3.36. The number of halogens is 1. The first-order valence-corrected chi connectivity index (χ1v) is 8.52. The average molecular weight is 359 g/mol. The highest BCUT2D eigenvalue weighted by molar-refractivity contribution is 6.30. The molecule has 0 unspecified atom stereocenters. The Morgan fingerprint density at radius 1 is 1.08 bits per heavy atom. The van der Waals surface area contributed by atoms with Gasteiger partial charge in [0, 0.05) is 10.7 Å². The molecule has 0 atom stereocenters. The summed E-state index contributed by atoms with van der Waals surface area (Å²) in [5.41, 5.74) is 1.79. The van der Waals surface area contributed by atoms with Crippen LogP contribution < -0.4 is 10.6 Å². The van der Waals surface area contributed by atoms with Gasteiger partial charge in [-0.3, -0.25) is 0 Å². The number of hydrogen-bond acceptors (Lipinski definition) is 3. The molecule has 2 aromatic rings. The van der Waals surface area contributed by atoms with Gasteiger partial charge in [-0.15, -0.1) is 0 Å². The summed E-state index contributed by atoms with van der Waals surface area (Å²) >= 11 is 5.92. The van der Waals surface area contributed by atoms with Crippen LogP contribution in [0.3, 0.4) is 0 Å². The van der Waals surface area contributed by atoms with E-state index in [1.807, 2.05) is 24.3 Å². The third-order valence-corrected chi connectivity index (χ3v) is 4.41. The summed E-state index contributed by atoms with van der Waals surface area (Å²) in [7, 11) is 0. The van der Waals surface area contributed by atoms with E-state index in [2.05, 4.69) is 10.6 Å². The smallest absolute Gasteiger partial charge is 0.338 e. The second-order valence-corrected chi connectivity index (χ2v) is 6.40. The van der Waals surface area contributed by atoms with Crippen molar-refractivity contribution in [1.82, 2.24) is 5.32 Å². The molecular formula is C19H19ClN2O3. The molecule has 0 aliphatic heterocycles. The SMILES string of the molecule is CCOC(=O)c1ccc(NC(=O)NC2(c3ccc(Cl)cc3)CC2)cc1. The molecule has 0 radical (unpaired) electrons. The van der Waals surface area contributed by atoms with Gasteiger partial charge < -0.3 is 15.4 Å². The molecule has 1 fully saturated rings. The number of urea groups is 1. The van der Waals surface area contributed by atoms with Crippen molar-refractivity contribution in [3.8, 4) is 0 Å². The molecule has 2 amide bonds. The molecule has 1 aliphatic rings. The van der Waals surface area contributed by atoms with Crippen molar-refractivity contribution in [2.45, 2.75) is 25.3 Å². The normalized spacial score (nSPS) is 14.5. The van der Waals surface area contributed by atoms with E-state index in [4.69, 9.17) is 16.3 Å². The molecule has 2 aromatic carbocycles. The molecule has 0 bridgehead atoms. The minimum absolute atomic E-state index is 0.281. The predicted molar refractivity (Wildman–Crippen MR) is 96.9 cm³/mol. The second kappa shape index (κ2) is 7.15. The lowest BCUT2D eigenvalue weighted by Gasteiger charge is -2.18. The highest BCUT2D eigenvalue weighted by Crippen LogP contribution is 2.45. The van der Waals surface area contributed by atoms with Crippen LogP contribution in [0.5, 0.6) is 0 Å². The van der Waals surface area contributed by atoms with Crippen molar-refractivity contribution in [3.63, 3.8) is 0 Å². The maximum Gasteiger partial charge on any atom is 0.338 e.